The van der Waals surface area contributed by atoms with Gasteiger partial charge >= 0.3 is 0 Å². The molecule has 0 saturated heterocycles. The van der Waals surface area contributed by atoms with Crippen molar-refractivity contribution in [3.05, 3.63) is 23.8 Å². The highest BCUT2D eigenvalue weighted by atomic mass is 32.2. The Balaban J connectivity index is 2.04. The van der Waals surface area contributed by atoms with Gasteiger partial charge < -0.3 is 9.47 Å². The fourth-order valence-corrected chi connectivity index (χ4v) is 3.13. The van der Waals surface area contributed by atoms with Gasteiger partial charge in [-0.3, -0.25) is 20.1 Å². The van der Waals surface area contributed by atoms with E-state index in [1.54, 1.807) is 18.2 Å². The zero-order valence-corrected chi connectivity index (χ0v) is 14.4. The third-order valence-corrected chi connectivity index (χ3v) is 4.66. The van der Waals surface area contributed by atoms with E-state index in [9.17, 15) is 9.59 Å². The Bertz CT molecular complexity index is 715. The molecule has 0 aliphatic rings. The quantitative estimate of drug-likeness (QED) is 0.289. The molecule has 128 valence electrons. The highest BCUT2D eigenvalue weighted by Gasteiger charge is 2.13. The standard InChI is InChI=1S/C13H14N4O5S2/c1-21-8-3-7(4-9(5-8)22-2)11(19)14-12-15-16-13(24-12)23-6-10(18)17-20/h3-5,20H,6H2,1-2H3,(H,17,18)(H,14,15,19). The molecule has 0 saturated carbocycles. The summed E-state index contributed by atoms with van der Waals surface area (Å²) in [4.78, 5) is 23.2. The van der Waals surface area contributed by atoms with Gasteiger partial charge in [0.15, 0.2) is 4.34 Å². The van der Waals surface area contributed by atoms with E-state index in [0.29, 0.717) is 21.4 Å². The molecule has 0 fully saturated rings. The lowest BCUT2D eigenvalue weighted by molar-refractivity contribution is -0.126. The number of aromatic nitrogens is 2. The van der Waals surface area contributed by atoms with Gasteiger partial charge in [0.25, 0.3) is 11.8 Å². The second-order valence-electron chi connectivity index (χ2n) is 4.25. The van der Waals surface area contributed by atoms with Gasteiger partial charge in [0.1, 0.15) is 11.5 Å². The fraction of sp³-hybridized carbons (Fsp3) is 0.231. The average molecular weight is 370 g/mol. The number of hydrogen-bond donors (Lipinski definition) is 3. The molecule has 0 unspecified atom stereocenters. The van der Waals surface area contributed by atoms with Crippen LogP contribution >= 0.6 is 23.1 Å². The van der Waals surface area contributed by atoms with Gasteiger partial charge in [-0.05, 0) is 12.1 Å². The van der Waals surface area contributed by atoms with E-state index in [-0.39, 0.29) is 10.9 Å². The molecule has 11 heteroatoms. The van der Waals surface area contributed by atoms with Crippen LogP contribution in [-0.4, -0.2) is 47.2 Å². The van der Waals surface area contributed by atoms with E-state index in [1.807, 2.05) is 0 Å². The number of hydroxylamine groups is 1. The smallest absolute Gasteiger partial charge is 0.257 e. The molecule has 0 atom stereocenters. The number of nitrogens with zero attached hydrogens (tertiary/aromatic N) is 2. The number of ether oxygens (including phenoxy) is 2. The minimum Gasteiger partial charge on any atom is -0.497 e. The Kier molecular flexibility index (Phi) is 6.35. The number of benzene rings is 1. The normalized spacial score (nSPS) is 10.1. The van der Waals surface area contributed by atoms with Crippen LogP contribution in [0.1, 0.15) is 10.4 Å². The molecule has 2 amide bonds. The number of methoxy groups -OCH3 is 2. The minimum atomic E-state index is -0.552. The first-order valence-electron chi connectivity index (χ1n) is 6.49. The monoisotopic (exact) mass is 370 g/mol. The van der Waals surface area contributed by atoms with E-state index in [0.717, 1.165) is 23.1 Å². The van der Waals surface area contributed by atoms with Crippen LogP contribution in [0.2, 0.25) is 0 Å². The highest BCUT2D eigenvalue weighted by Crippen LogP contribution is 2.27. The summed E-state index contributed by atoms with van der Waals surface area (Å²) >= 11 is 2.20. The molecule has 9 nitrogen and oxygen atoms in total. The number of thioether (sulfide) groups is 1. The number of anilines is 1. The predicted octanol–water partition coefficient (Wildman–Crippen LogP) is 1.41. The summed E-state index contributed by atoms with van der Waals surface area (Å²) in [6.07, 6.45) is 0. The third kappa shape index (κ3) is 4.81. The van der Waals surface area contributed by atoms with E-state index >= 15 is 0 Å². The molecule has 2 rings (SSSR count). The van der Waals surface area contributed by atoms with Crippen LogP contribution in [-0.2, 0) is 4.79 Å². The molecule has 3 N–H and O–H groups in total. The van der Waals surface area contributed by atoms with Crippen molar-refractivity contribution in [1.29, 1.82) is 0 Å². The average Bonchev–Trinajstić information content (AvgIpc) is 3.06. The lowest BCUT2D eigenvalue weighted by Gasteiger charge is -2.07. The van der Waals surface area contributed by atoms with Crippen LogP contribution in [0.3, 0.4) is 0 Å². The molecule has 0 spiro atoms. The van der Waals surface area contributed by atoms with E-state index in [1.165, 1.54) is 19.7 Å². The van der Waals surface area contributed by atoms with Crippen molar-refractivity contribution < 1.29 is 24.3 Å². The van der Waals surface area contributed by atoms with Crippen molar-refractivity contribution in [3.8, 4) is 11.5 Å². The van der Waals surface area contributed by atoms with Crippen LogP contribution < -0.4 is 20.3 Å². The Morgan fingerprint density at radius 1 is 1.21 bits per heavy atom. The van der Waals surface area contributed by atoms with Crippen LogP contribution in [0.4, 0.5) is 5.13 Å². The van der Waals surface area contributed by atoms with Crippen molar-refractivity contribution >= 4 is 40.0 Å². The van der Waals surface area contributed by atoms with Gasteiger partial charge in [-0.15, -0.1) is 10.2 Å². The summed E-state index contributed by atoms with van der Waals surface area (Å²) in [5.41, 5.74) is 1.86. The minimum absolute atomic E-state index is 0.00778. The zero-order chi connectivity index (χ0) is 17.5. The van der Waals surface area contributed by atoms with Crippen molar-refractivity contribution in [1.82, 2.24) is 15.7 Å². The lowest BCUT2D eigenvalue weighted by atomic mass is 10.2. The van der Waals surface area contributed by atoms with Crippen molar-refractivity contribution in [2.75, 3.05) is 25.3 Å². The third-order valence-electron chi connectivity index (χ3n) is 2.69. The number of carbonyl (C=O) groups is 2. The summed E-state index contributed by atoms with van der Waals surface area (Å²) < 4.78 is 10.7. The van der Waals surface area contributed by atoms with E-state index in [2.05, 4.69) is 15.5 Å². The maximum absolute atomic E-state index is 12.3. The maximum Gasteiger partial charge on any atom is 0.257 e. The van der Waals surface area contributed by atoms with Gasteiger partial charge in [0.05, 0.1) is 20.0 Å². The predicted molar refractivity (Wildman–Crippen MR) is 88.1 cm³/mol. The zero-order valence-electron chi connectivity index (χ0n) is 12.7. The number of nitrogens with one attached hydrogen (secondary N) is 2. The Hall–Kier alpha value is -2.37. The molecular weight excluding hydrogens is 356 g/mol. The van der Waals surface area contributed by atoms with Gasteiger partial charge in [0.2, 0.25) is 5.13 Å². The number of amides is 2. The first-order valence-corrected chi connectivity index (χ1v) is 8.29. The summed E-state index contributed by atoms with van der Waals surface area (Å²) in [5.74, 6) is 0.0231. The van der Waals surface area contributed by atoms with E-state index < -0.39 is 11.8 Å². The summed E-state index contributed by atoms with van der Waals surface area (Å²) in [7, 11) is 2.99. The second-order valence-corrected chi connectivity index (χ2v) is 6.45. The van der Waals surface area contributed by atoms with Crippen molar-refractivity contribution in [2.24, 2.45) is 0 Å². The van der Waals surface area contributed by atoms with Crippen LogP contribution in [0, 0.1) is 0 Å². The summed E-state index contributed by atoms with van der Waals surface area (Å²) in [5, 5.41) is 19.0. The van der Waals surface area contributed by atoms with Crippen molar-refractivity contribution in [2.45, 2.75) is 4.34 Å². The molecule has 1 aromatic carbocycles. The number of carbonyl (C=O) groups excluding carboxylic acids is 2. The van der Waals surface area contributed by atoms with Gasteiger partial charge in [-0.2, -0.15) is 0 Å². The number of rotatable bonds is 7. The Labute approximate surface area is 145 Å². The molecule has 0 aliphatic carbocycles. The maximum atomic E-state index is 12.3. The first kappa shape index (κ1) is 18.0. The van der Waals surface area contributed by atoms with Crippen LogP contribution in [0.25, 0.3) is 0 Å². The molecule has 0 radical (unpaired) electrons. The molecular formula is C13H14N4O5S2. The lowest BCUT2D eigenvalue weighted by Crippen LogP contribution is -2.20. The molecule has 0 aliphatic heterocycles. The topological polar surface area (TPSA) is 123 Å². The molecule has 0 bridgehead atoms. The Morgan fingerprint density at radius 2 is 1.88 bits per heavy atom. The first-order chi connectivity index (χ1) is 11.5. The van der Waals surface area contributed by atoms with Gasteiger partial charge in [-0.25, -0.2) is 5.48 Å². The SMILES string of the molecule is COc1cc(OC)cc(C(=O)Nc2nnc(SCC(=O)NO)s2)c1. The van der Waals surface area contributed by atoms with Gasteiger partial charge in [-0.1, -0.05) is 23.1 Å². The van der Waals surface area contributed by atoms with Crippen LogP contribution in [0.15, 0.2) is 22.5 Å². The molecule has 2 aromatic rings. The summed E-state index contributed by atoms with van der Waals surface area (Å²) in [6.45, 7) is 0. The molecule has 1 heterocycles. The molecule has 1 aromatic heterocycles. The molecule has 24 heavy (non-hydrogen) atoms. The van der Waals surface area contributed by atoms with Gasteiger partial charge in [0, 0.05) is 11.6 Å². The van der Waals surface area contributed by atoms with Crippen LogP contribution in [0.5, 0.6) is 11.5 Å². The fourth-order valence-electron chi connectivity index (χ4n) is 1.59. The summed E-state index contributed by atoms with van der Waals surface area (Å²) in [6, 6.07) is 4.79. The van der Waals surface area contributed by atoms with Crippen molar-refractivity contribution in [3.63, 3.8) is 0 Å². The Morgan fingerprint density at radius 3 is 2.46 bits per heavy atom. The van der Waals surface area contributed by atoms with E-state index in [4.69, 9.17) is 14.7 Å². The number of hydrogen-bond acceptors (Lipinski definition) is 9. The largest absolute Gasteiger partial charge is 0.497 e. The highest BCUT2D eigenvalue weighted by molar-refractivity contribution is 8.01. The second kappa shape index (κ2) is 8.47.